The summed E-state index contributed by atoms with van der Waals surface area (Å²) in [6.07, 6.45) is 3.26. The molecular formula is C32H42ClFN8O2Si. The summed E-state index contributed by atoms with van der Waals surface area (Å²) in [4.78, 5) is 25.1. The highest BCUT2D eigenvalue weighted by Crippen LogP contribution is 2.31. The molecule has 1 aliphatic rings. The number of fused-ring (bicyclic) bond motifs is 1. The maximum atomic E-state index is 14.6. The van der Waals surface area contributed by atoms with E-state index in [9.17, 15) is 9.18 Å². The van der Waals surface area contributed by atoms with Crippen LogP contribution in [0.2, 0.25) is 30.7 Å². The van der Waals surface area contributed by atoms with Crippen molar-refractivity contribution in [2.75, 3.05) is 65.3 Å². The van der Waals surface area contributed by atoms with Gasteiger partial charge in [0.2, 0.25) is 0 Å². The Morgan fingerprint density at radius 1 is 1.13 bits per heavy atom. The number of amides is 1. The third-order valence-electron chi connectivity index (χ3n) is 8.06. The van der Waals surface area contributed by atoms with Crippen LogP contribution in [0.5, 0.6) is 0 Å². The maximum absolute atomic E-state index is 14.6. The van der Waals surface area contributed by atoms with E-state index in [2.05, 4.69) is 57.0 Å². The molecule has 1 amide bonds. The number of benzene rings is 1. The monoisotopic (exact) mass is 652 g/mol. The highest BCUT2D eigenvalue weighted by Gasteiger charge is 2.23. The number of aromatic nitrogens is 4. The minimum atomic E-state index is -1.29. The number of rotatable bonds is 12. The van der Waals surface area contributed by atoms with Crippen LogP contribution in [-0.2, 0) is 11.5 Å². The van der Waals surface area contributed by atoms with Crippen molar-refractivity contribution in [3.8, 4) is 11.3 Å². The largest absolute Gasteiger partial charge is 0.361 e. The summed E-state index contributed by atoms with van der Waals surface area (Å²) in [5, 5.41) is 12.7. The van der Waals surface area contributed by atoms with E-state index in [1.165, 1.54) is 18.2 Å². The summed E-state index contributed by atoms with van der Waals surface area (Å²) < 4.78 is 22.6. The van der Waals surface area contributed by atoms with Gasteiger partial charge in [0, 0.05) is 83.2 Å². The Morgan fingerprint density at radius 3 is 2.67 bits per heavy atom. The molecule has 0 saturated carbocycles. The number of carbonyl (C=O) groups excluding carboxylic acids is 1. The molecular weight excluding hydrogens is 611 g/mol. The summed E-state index contributed by atoms with van der Waals surface area (Å²) in [6, 6.07) is 10.8. The quantitative estimate of drug-likeness (QED) is 0.155. The Balaban J connectivity index is 1.42. The number of piperazine rings is 1. The smallest absolute Gasteiger partial charge is 0.270 e. The molecule has 1 N–H and O–H groups in total. The van der Waals surface area contributed by atoms with Crippen LogP contribution in [0.1, 0.15) is 10.5 Å². The predicted molar refractivity (Wildman–Crippen MR) is 180 cm³/mol. The van der Waals surface area contributed by atoms with Gasteiger partial charge in [0.1, 0.15) is 23.9 Å². The molecule has 0 bridgehead atoms. The van der Waals surface area contributed by atoms with Gasteiger partial charge in [-0.15, -0.1) is 0 Å². The van der Waals surface area contributed by atoms with Gasteiger partial charge in [-0.2, -0.15) is 10.2 Å². The average Bonchev–Trinajstić information content (AvgIpc) is 3.38. The number of nitrogens with zero attached hydrogens (tertiary/aromatic N) is 7. The number of halogens is 2. The zero-order chi connectivity index (χ0) is 32.1. The normalized spacial score (nSPS) is 14.6. The zero-order valence-electron chi connectivity index (χ0n) is 26.7. The standard InChI is InChI=1S/C32H42ClFN8O2Si/c1-39-10-13-41(14-11-39)15-12-40(2)32(43)30-20-26-28(8-9-35-31(26)42(30)22-44-16-17-45(3,4)5)37-24-19-29(38-36-21-24)25-18-23(33)6-7-27(25)34/h6-9,18-21H,10-17,22H2,1-5H3,(H,35,37,38). The number of nitrogens with one attached hydrogen (secondary N) is 1. The van der Waals surface area contributed by atoms with Gasteiger partial charge in [0.25, 0.3) is 5.91 Å². The lowest BCUT2D eigenvalue weighted by molar-refractivity contribution is 0.0687. The fourth-order valence-corrected chi connectivity index (χ4v) is 6.10. The molecule has 1 aliphatic heterocycles. The number of carbonyl (C=O) groups is 1. The molecule has 4 heterocycles. The van der Waals surface area contributed by atoms with Crippen molar-refractivity contribution in [3.63, 3.8) is 0 Å². The van der Waals surface area contributed by atoms with Gasteiger partial charge in [-0.05, 0) is 49.5 Å². The Labute approximate surface area is 270 Å². The molecule has 10 nitrogen and oxygen atoms in total. The second kappa shape index (κ2) is 14.3. The van der Waals surface area contributed by atoms with E-state index in [1.807, 2.05) is 23.7 Å². The Kier molecular flexibility index (Phi) is 10.5. The molecule has 240 valence electrons. The Hall–Kier alpha value is -3.42. The topological polar surface area (TPSA) is 91.6 Å². The van der Waals surface area contributed by atoms with Crippen molar-refractivity contribution in [2.24, 2.45) is 0 Å². The van der Waals surface area contributed by atoms with E-state index in [-0.39, 0.29) is 18.2 Å². The summed E-state index contributed by atoms with van der Waals surface area (Å²) in [5.41, 5.74) is 3.06. The van der Waals surface area contributed by atoms with Crippen molar-refractivity contribution in [2.45, 2.75) is 32.4 Å². The molecule has 0 radical (unpaired) electrons. The number of likely N-dealkylation sites (N-methyl/N-ethyl adjacent to an activating group) is 2. The van der Waals surface area contributed by atoms with Gasteiger partial charge in [-0.1, -0.05) is 31.2 Å². The molecule has 0 atom stereocenters. The second-order valence-corrected chi connectivity index (χ2v) is 18.9. The molecule has 3 aromatic heterocycles. The van der Waals surface area contributed by atoms with Crippen LogP contribution < -0.4 is 5.32 Å². The second-order valence-electron chi connectivity index (χ2n) is 12.9. The minimum Gasteiger partial charge on any atom is -0.361 e. The molecule has 5 rings (SSSR count). The van der Waals surface area contributed by atoms with Crippen LogP contribution in [0.3, 0.4) is 0 Å². The van der Waals surface area contributed by atoms with Gasteiger partial charge in [0.05, 0.1) is 23.3 Å². The summed E-state index contributed by atoms with van der Waals surface area (Å²) >= 11 is 6.12. The third kappa shape index (κ3) is 8.44. The summed E-state index contributed by atoms with van der Waals surface area (Å²) in [5.74, 6) is -0.533. The number of hydrogen-bond donors (Lipinski definition) is 1. The number of hydrogen-bond acceptors (Lipinski definition) is 8. The Morgan fingerprint density at radius 2 is 1.91 bits per heavy atom. The fraction of sp³-hybridized carbons (Fsp3) is 0.438. The van der Waals surface area contributed by atoms with Gasteiger partial charge >= 0.3 is 0 Å². The first-order valence-corrected chi connectivity index (χ1v) is 19.3. The van der Waals surface area contributed by atoms with Crippen molar-refractivity contribution in [1.29, 1.82) is 0 Å². The van der Waals surface area contributed by atoms with Gasteiger partial charge in [0.15, 0.2) is 0 Å². The van der Waals surface area contributed by atoms with E-state index in [0.717, 1.165) is 49.8 Å². The first kappa shape index (κ1) is 33.0. The van der Waals surface area contributed by atoms with E-state index >= 15 is 0 Å². The zero-order valence-corrected chi connectivity index (χ0v) is 28.4. The number of pyridine rings is 1. The molecule has 1 fully saturated rings. The number of ether oxygens (including phenoxy) is 1. The summed E-state index contributed by atoms with van der Waals surface area (Å²) in [7, 11) is 2.69. The van der Waals surface area contributed by atoms with Gasteiger partial charge in [-0.25, -0.2) is 9.37 Å². The molecule has 0 unspecified atom stereocenters. The molecule has 1 saturated heterocycles. The van der Waals surface area contributed by atoms with Crippen LogP contribution in [0.25, 0.3) is 22.3 Å². The molecule has 4 aromatic rings. The first-order chi connectivity index (χ1) is 21.5. The molecule has 13 heteroatoms. The van der Waals surface area contributed by atoms with Crippen molar-refractivity contribution in [1.82, 2.24) is 34.4 Å². The highest BCUT2D eigenvalue weighted by atomic mass is 35.5. The third-order valence-corrected chi connectivity index (χ3v) is 10.0. The molecule has 0 aliphatic carbocycles. The van der Waals surface area contributed by atoms with Gasteiger partial charge in [-0.3, -0.25) is 14.3 Å². The lowest BCUT2D eigenvalue weighted by atomic mass is 10.1. The average molecular weight is 653 g/mol. The summed E-state index contributed by atoms with van der Waals surface area (Å²) in [6.45, 7) is 13.3. The van der Waals surface area contributed by atoms with Crippen molar-refractivity contribution >= 4 is 48.0 Å². The lowest BCUT2D eigenvalue weighted by Gasteiger charge is -2.33. The van der Waals surface area contributed by atoms with E-state index in [0.29, 0.717) is 40.9 Å². The van der Waals surface area contributed by atoms with Crippen molar-refractivity contribution in [3.05, 3.63) is 65.3 Å². The van der Waals surface area contributed by atoms with Crippen LogP contribution >= 0.6 is 11.6 Å². The van der Waals surface area contributed by atoms with Crippen molar-refractivity contribution < 1.29 is 13.9 Å². The fourth-order valence-electron chi connectivity index (χ4n) is 5.18. The highest BCUT2D eigenvalue weighted by molar-refractivity contribution is 6.76. The van der Waals surface area contributed by atoms with E-state index < -0.39 is 13.9 Å². The Bertz CT molecular complexity index is 1640. The van der Waals surface area contributed by atoms with E-state index in [1.54, 1.807) is 23.4 Å². The van der Waals surface area contributed by atoms with Gasteiger partial charge < -0.3 is 19.9 Å². The predicted octanol–water partition coefficient (Wildman–Crippen LogP) is 5.66. The first-order valence-electron chi connectivity index (χ1n) is 15.3. The van der Waals surface area contributed by atoms with E-state index in [4.69, 9.17) is 16.3 Å². The molecule has 1 aromatic carbocycles. The lowest BCUT2D eigenvalue weighted by Crippen LogP contribution is -2.47. The minimum absolute atomic E-state index is 0.0915. The van der Waals surface area contributed by atoms with Crippen LogP contribution in [0, 0.1) is 5.82 Å². The maximum Gasteiger partial charge on any atom is 0.270 e. The number of anilines is 2. The van der Waals surface area contributed by atoms with Crippen LogP contribution in [-0.4, -0.2) is 108 Å². The van der Waals surface area contributed by atoms with Crippen LogP contribution in [0.15, 0.2) is 48.8 Å². The van der Waals surface area contributed by atoms with Crippen LogP contribution in [0.4, 0.5) is 15.8 Å². The molecule has 45 heavy (non-hydrogen) atoms. The SMILES string of the molecule is CN1CCN(CCN(C)C(=O)c2cc3c(Nc4cnnc(-c5cc(Cl)ccc5F)c4)ccnc3n2COCC[Si](C)(C)C)CC1. The molecule has 0 spiro atoms.